The van der Waals surface area contributed by atoms with Gasteiger partial charge in [0.05, 0.1) is 17.1 Å². The van der Waals surface area contributed by atoms with E-state index in [2.05, 4.69) is 0 Å². The summed E-state index contributed by atoms with van der Waals surface area (Å²) in [6, 6.07) is 21.5. The molecule has 76 heavy (non-hydrogen) atoms. The van der Waals surface area contributed by atoms with Gasteiger partial charge in [-0.25, -0.2) is 9.13 Å². The molecule has 0 aromatic heterocycles. The van der Waals surface area contributed by atoms with Crippen molar-refractivity contribution in [2.24, 2.45) is 0 Å². The second-order valence-electron chi connectivity index (χ2n) is 18.4. The monoisotopic (exact) mass is 1120 g/mol. The number of halogens is 2. The normalized spacial score (nSPS) is 16.4. The number of alkyl halides is 2. The summed E-state index contributed by atoms with van der Waals surface area (Å²) in [6.45, 7) is 0.618. The summed E-state index contributed by atoms with van der Waals surface area (Å²) < 4.78 is 34.2. The van der Waals surface area contributed by atoms with Crippen LogP contribution in [0.1, 0.15) is 66.2 Å². The van der Waals surface area contributed by atoms with Gasteiger partial charge in [0.25, 0.3) is 23.6 Å². The van der Waals surface area contributed by atoms with Crippen molar-refractivity contribution in [3.8, 4) is 11.5 Å². The first-order valence-electron chi connectivity index (χ1n) is 24.1. The molecule has 5 aromatic rings. The van der Waals surface area contributed by atoms with E-state index in [0.717, 1.165) is 4.90 Å². The molecule has 3 heterocycles. The van der Waals surface area contributed by atoms with Gasteiger partial charge in [-0.3, -0.25) is 53.2 Å². The van der Waals surface area contributed by atoms with Gasteiger partial charge in [-0.05, 0) is 64.1 Å². The van der Waals surface area contributed by atoms with E-state index in [1.165, 1.54) is 75.2 Å². The summed E-state index contributed by atoms with van der Waals surface area (Å²) in [5.41, 5.74) is 3.33. The lowest BCUT2D eigenvalue weighted by Crippen LogP contribution is -2.33. The van der Waals surface area contributed by atoms with Crippen LogP contribution in [-0.2, 0) is 37.9 Å². The summed E-state index contributed by atoms with van der Waals surface area (Å²) >= 11 is 12.9. The van der Waals surface area contributed by atoms with Crippen LogP contribution in [0.2, 0.25) is 0 Å². The summed E-state index contributed by atoms with van der Waals surface area (Å²) in [7, 11) is -6.90. The lowest BCUT2D eigenvalue weighted by atomic mass is 9.95. The molecule has 8 rings (SSSR count). The van der Waals surface area contributed by atoms with E-state index in [-0.39, 0.29) is 91.8 Å². The van der Waals surface area contributed by atoms with E-state index in [1.54, 1.807) is 73.8 Å². The third kappa shape index (κ3) is 12.4. The Morgan fingerprint density at radius 1 is 0.658 bits per heavy atom. The summed E-state index contributed by atoms with van der Waals surface area (Å²) in [5.74, 6) is -2.97. The van der Waals surface area contributed by atoms with Gasteiger partial charge < -0.3 is 28.6 Å². The lowest BCUT2D eigenvalue weighted by molar-refractivity contribution is -0.137. The largest absolute Gasteiger partial charge is 0.524 e. The number of phosphoric acid groups is 2. The Kier molecular flexibility index (Phi) is 17.0. The number of imide groups is 1. The molecule has 0 unspecified atom stereocenters. The third-order valence-electron chi connectivity index (χ3n) is 13.5. The fourth-order valence-corrected chi connectivity index (χ4v) is 11.1. The highest BCUT2D eigenvalue weighted by molar-refractivity contribution is 7.47. The Labute approximate surface area is 447 Å². The van der Waals surface area contributed by atoms with Gasteiger partial charge in [0.1, 0.15) is 11.5 Å². The molecule has 398 valence electrons. The molecule has 0 spiro atoms. The van der Waals surface area contributed by atoms with Crippen LogP contribution in [0, 0.1) is 0 Å². The van der Waals surface area contributed by atoms with Crippen LogP contribution in [0.25, 0.3) is 33.7 Å². The van der Waals surface area contributed by atoms with Gasteiger partial charge in [0, 0.05) is 124 Å². The fraction of sp³-hybridized carbons (Fsp3) is 0.283. The van der Waals surface area contributed by atoms with Gasteiger partial charge in [0.2, 0.25) is 11.8 Å². The maximum absolute atomic E-state index is 14.2. The SMILES string of the molecule is CN(CCC(=O)N(C)c1cc(C=CC(=O)N2C[C@@H](CCl)c3c2cc(OP(=O)(O)O)c2ccccc32)ccc1C=CC(=O)N1C[C@@H](CCl)c2c1cc(OP(=O)(O)O)c1ccccc21)C(=O)CCCCCN1C(=O)C=CC1=O. The number of phosphoric ester groups is 2. The van der Waals surface area contributed by atoms with Crippen molar-refractivity contribution >= 4 is 125 Å². The number of rotatable bonds is 20. The van der Waals surface area contributed by atoms with E-state index < -0.39 is 33.4 Å². The highest BCUT2D eigenvalue weighted by Crippen LogP contribution is 2.51. The zero-order chi connectivity index (χ0) is 54.6. The van der Waals surface area contributed by atoms with Crippen molar-refractivity contribution in [3.63, 3.8) is 0 Å². The van der Waals surface area contributed by atoms with Gasteiger partial charge in [0.15, 0.2) is 0 Å². The average Bonchev–Trinajstić information content (AvgIpc) is 4.09. The van der Waals surface area contributed by atoms with E-state index >= 15 is 0 Å². The number of carbonyl (C=O) groups is 6. The van der Waals surface area contributed by atoms with Crippen molar-refractivity contribution in [2.45, 2.75) is 43.9 Å². The number of hydrogen-bond acceptors (Lipinski definition) is 10. The van der Waals surface area contributed by atoms with Crippen LogP contribution in [0.4, 0.5) is 17.1 Å². The maximum Gasteiger partial charge on any atom is 0.524 e. The van der Waals surface area contributed by atoms with Crippen molar-refractivity contribution < 1.29 is 66.5 Å². The molecule has 4 N–H and O–H groups in total. The minimum Gasteiger partial charge on any atom is -0.404 e. The Morgan fingerprint density at radius 2 is 1.16 bits per heavy atom. The van der Waals surface area contributed by atoms with E-state index in [4.69, 9.17) is 32.2 Å². The van der Waals surface area contributed by atoms with E-state index in [1.807, 2.05) is 0 Å². The molecular weight excluding hydrogens is 1060 g/mol. The molecule has 0 aliphatic carbocycles. The second-order valence-corrected chi connectivity index (χ2v) is 21.4. The molecule has 0 bridgehead atoms. The lowest BCUT2D eigenvalue weighted by Gasteiger charge is -2.23. The molecule has 19 nitrogen and oxygen atoms in total. The Hall–Kier alpha value is -6.66. The molecule has 5 aromatic carbocycles. The van der Waals surface area contributed by atoms with Crippen molar-refractivity contribution in [1.29, 1.82) is 0 Å². The molecule has 3 aliphatic rings. The number of anilines is 3. The van der Waals surface area contributed by atoms with Gasteiger partial charge >= 0.3 is 15.6 Å². The third-order valence-corrected chi connectivity index (χ3v) is 15.1. The van der Waals surface area contributed by atoms with Crippen LogP contribution in [0.5, 0.6) is 11.5 Å². The van der Waals surface area contributed by atoms with Crippen molar-refractivity contribution in [2.75, 3.05) is 66.7 Å². The minimum absolute atomic E-state index is 0.0670. The molecule has 6 amide bonds. The zero-order valence-electron chi connectivity index (χ0n) is 41.2. The summed E-state index contributed by atoms with van der Waals surface area (Å²) in [5, 5.41) is 2.08. The number of amides is 6. The molecule has 0 fully saturated rings. The van der Waals surface area contributed by atoms with Gasteiger partial charge in [-0.15, -0.1) is 23.2 Å². The Morgan fingerprint density at radius 3 is 1.66 bits per heavy atom. The first-order valence-corrected chi connectivity index (χ1v) is 28.2. The van der Waals surface area contributed by atoms with Crippen molar-refractivity contribution in [1.82, 2.24) is 9.80 Å². The quantitative estimate of drug-likeness (QED) is 0.0190. The van der Waals surface area contributed by atoms with Crippen LogP contribution < -0.4 is 23.7 Å². The first kappa shape index (κ1) is 55.6. The molecule has 0 radical (unpaired) electrons. The number of hydrogen-bond donors (Lipinski definition) is 4. The number of fused-ring (bicyclic) bond motifs is 6. The molecular formula is C53H53Cl2N5O14P2. The zero-order valence-corrected chi connectivity index (χ0v) is 44.5. The number of carbonyl (C=O) groups excluding carboxylic acids is 6. The van der Waals surface area contributed by atoms with Crippen LogP contribution in [0.15, 0.2) is 103 Å². The maximum atomic E-state index is 14.2. The molecule has 23 heteroatoms. The van der Waals surface area contributed by atoms with E-state index in [0.29, 0.717) is 80.1 Å². The highest BCUT2D eigenvalue weighted by atomic mass is 35.5. The number of benzene rings is 5. The second kappa shape index (κ2) is 23.3. The molecule has 3 aliphatic heterocycles. The topological polar surface area (TPSA) is 252 Å². The van der Waals surface area contributed by atoms with Crippen LogP contribution in [0.3, 0.4) is 0 Å². The Bertz CT molecular complexity index is 3340. The first-order chi connectivity index (χ1) is 36.2. The smallest absolute Gasteiger partial charge is 0.404 e. The number of unbranched alkanes of at least 4 members (excludes halogenated alkanes) is 2. The average molecular weight is 1120 g/mol. The molecule has 0 saturated carbocycles. The standard InChI is InChI=1S/C53H53Cl2N5O14P2/c1-56(46(61)14-4-3-9-24-58-48(63)21-22-49(58)64)25-23-47(62)57(2)41-26-33(16-19-50(65)59-31-35(29-54)52-39-12-7-5-10-37(39)44(27-42(52)59)73-75(67,68)69)15-17-34(41)18-20-51(66)60-32-36(30-55)53-40-13-8-6-11-38(40)45(28-43(53)60)74-76(70,71)72/h5-8,10-13,15-22,26-28,35-36H,3-4,9,14,23-25,29-32H2,1-2H3,(H2,67,68,69)(H2,70,71,72)/t35-,36-/m1/s1. The predicted octanol–water partition coefficient (Wildman–Crippen LogP) is 8.00. The van der Waals surface area contributed by atoms with Crippen molar-refractivity contribution in [3.05, 3.63) is 125 Å². The predicted molar refractivity (Wildman–Crippen MR) is 289 cm³/mol. The molecule has 2 atom stereocenters. The fourth-order valence-electron chi connectivity index (χ4n) is 9.76. The summed E-state index contributed by atoms with van der Waals surface area (Å²) in [6.07, 6.45) is 9.83. The highest BCUT2D eigenvalue weighted by Gasteiger charge is 2.37. The summed E-state index contributed by atoms with van der Waals surface area (Å²) in [4.78, 5) is 125. The van der Waals surface area contributed by atoms with Crippen LogP contribution >= 0.6 is 38.8 Å². The van der Waals surface area contributed by atoms with Gasteiger partial charge in [-0.1, -0.05) is 67.1 Å². The minimum atomic E-state index is -5.02. The van der Waals surface area contributed by atoms with Crippen LogP contribution in [-0.4, -0.2) is 117 Å². The Balaban J connectivity index is 1.05. The van der Waals surface area contributed by atoms with E-state index in [9.17, 15) is 57.5 Å². The number of nitrogens with zero attached hydrogens (tertiary/aromatic N) is 5. The molecule has 0 saturated heterocycles. The van der Waals surface area contributed by atoms with Gasteiger partial charge in [-0.2, -0.15) is 0 Å².